The molecule has 0 aliphatic carbocycles. The van der Waals surface area contributed by atoms with E-state index in [-0.39, 0.29) is 0 Å². The molecule has 0 atom stereocenters. The second kappa shape index (κ2) is 6.25. The van der Waals surface area contributed by atoms with Gasteiger partial charge in [0.1, 0.15) is 0 Å². The maximum Gasteiger partial charge on any atom is 0.187 e. The van der Waals surface area contributed by atoms with Crippen molar-refractivity contribution in [2.24, 2.45) is 0 Å². The zero-order chi connectivity index (χ0) is 11.9. The second-order valence-electron chi connectivity index (χ2n) is 3.68. The van der Waals surface area contributed by atoms with Crippen molar-refractivity contribution in [1.82, 2.24) is 9.97 Å². The first-order valence-electron chi connectivity index (χ1n) is 5.55. The first-order chi connectivity index (χ1) is 8.34. The summed E-state index contributed by atoms with van der Waals surface area (Å²) in [6, 6.07) is 10.2. The van der Waals surface area contributed by atoms with Crippen LogP contribution in [0.15, 0.2) is 47.9 Å². The van der Waals surface area contributed by atoms with Crippen LogP contribution in [-0.4, -0.2) is 22.3 Å². The summed E-state index contributed by atoms with van der Waals surface area (Å²) in [5.74, 6) is 0.956. The number of nitrogens with one attached hydrogen (secondary N) is 1. The Labute approximate surface area is 106 Å². The van der Waals surface area contributed by atoms with Crippen LogP contribution in [0.25, 0.3) is 0 Å². The molecular weight excluding hydrogens is 230 g/mol. The summed E-state index contributed by atoms with van der Waals surface area (Å²) in [7, 11) is 0. The van der Waals surface area contributed by atoms with Gasteiger partial charge < -0.3 is 5.32 Å². The highest BCUT2D eigenvalue weighted by Crippen LogP contribution is 2.12. The Balaban J connectivity index is 1.73. The van der Waals surface area contributed by atoms with E-state index in [1.165, 1.54) is 11.3 Å². The van der Waals surface area contributed by atoms with E-state index in [0.29, 0.717) is 0 Å². The van der Waals surface area contributed by atoms with Gasteiger partial charge in [-0.25, -0.2) is 9.97 Å². The summed E-state index contributed by atoms with van der Waals surface area (Å²) in [5.41, 5.74) is 2.44. The highest BCUT2D eigenvalue weighted by Gasteiger charge is 1.96. The number of benzene rings is 1. The lowest BCUT2D eigenvalue weighted by molar-refractivity contribution is 0.966. The van der Waals surface area contributed by atoms with Crippen molar-refractivity contribution in [2.75, 3.05) is 17.6 Å². The molecule has 0 radical (unpaired) electrons. The highest BCUT2D eigenvalue weighted by atomic mass is 32.2. The van der Waals surface area contributed by atoms with Gasteiger partial charge in [-0.2, -0.15) is 0 Å². The summed E-state index contributed by atoms with van der Waals surface area (Å²) in [6.45, 7) is 3.00. The lowest BCUT2D eigenvalue weighted by Gasteiger charge is -2.06. The molecular formula is C13H15N3S. The van der Waals surface area contributed by atoms with Gasteiger partial charge in [-0.3, -0.25) is 0 Å². The summed E-state index contributed by atoms with van der Waals surface area (Å²) in [6.07, 6.45) is 3.53. The van der Waals surface area contributed by atoms with Crippen molar-refractivity contribution in [3.05, 3.63) is 48.3 Å². The van der Waals surface area contributed by atoms with E-state index in [0.717, 1.165) is 17.5 Å². The molecule has 17 heavy (non-hydrogen) atoms. The lowest BCUT2D eigenvalue weighted by atomic mass is 10.2. The minimum Gasteiger partial charge on any atom is -0.384 e. The van der Waals surface area contributed by atoms with Crippen LogP contribution in [0.3, 0.4) is 0 Å². The molecule has 0 saturated heterocycles. The van der Waals surface area contributed by atoms with Crippen LogP contribution in [0.5, 0.6) is 0 Å². The SMILES string of the molecule is Cc1cccc(NCCSc2ncccn2)c1. The first-order valence-corrected chi connectivity index (χ1v) is 6.53. The van der Waals surface area contributed by atoms with Crippen molar-refractivity contribution in [1.29, 1.82) is 0 Å². The Morgan fingerprint density at radius 3 is 2.76 bits per heavy atom. The van der Waals surface area contributed by atoms with E-state index in [9.17, 15) is 0 Å². The standard InChI is InChI=1S/C13H15N3S/c1-11-4-2-5-12(10-11)14-8-9-17-13-15-6-3-7-16-13/h2-7,10,14H,8-9H2,1H3. The van der Waals surface area contributed by atoms with Gasteiger partial charge in [0.25, 0.3) is 0 Å². The predicted octanol–water partition coefficient (Wildman–Crippen LogP) is 2.99. The van der Waals surface area contributed by atoms with Gasteiger partial charge in [0, 0.05) is 30.4 Å². The summed E-state index contributed by atoms with van der Waals surface area (Å²) in [4.78, 5) is 8.32. The summed E-state index contributed by atoms with van der Waals surface area (Å²) < 4.78 is 0. The van der Waals surface area contributed by atoms with Gasteiger partial charge >= 0.3 is 0 Å². The van der Waals surface area contributed by atoms with Crippen LogP contribution in [0.1, 0.15) is 5.56 Å². The van der Waals surface area contributed by atoms with Crippen molar-refractivity contribution in [3.8, 4) is 0 Å². The first kappa shape index (κ1) is 11.9. The van der Waals surface area contributed by atoms with E-state index in [4.69, 9.17) is 0 Å². The number of nitrogens with zero attached hydrogens (tertiary/aromatic N) is 2. The Morgan fingerprint density at radius 2 is 2.00 bits per heavy atom. The molecule has 1 heterocycles. The van der Waals surface area contributed by atoms with Crippen LogP contribution < -0.4 is 5.32 Å². The topological polar surface area (TPSA) is 37.8 Å². The molecule has 88 valence electrons. The van der Waals surface area contributed by atoms with Crippen molar-refractivity contribution in [3.63, 3.8) is 0 Å². The van der Waals surface area contributed by atoms with Crippen LogP contribution in [0, 0.1) is 6.92 Å². The largest absolute Gasteiger partial charge is 0.384 e. The van der Waals surface area contributed by atoms with E-state index in [1.54, 1.807) is 24.2 Å². The van der Waals surface area contributed by atoms with E-state index >= 15 is 0 Å². The Morgan fingerprint density at radius 1 is 1.18 bits per heavy atom. The average molecular weight is 245 g/mol. The molecule has 0 saturated carbocycles. The molecule has 0 aliphatic heterocycles. The molecule has 0 spiro atoms. The number of hydrogen-bond donors (Lipinski definition) is 1. The molecule has 3 nitrogen and oxygen atoms in total. The predicted molar refractivity (Wildman–Crippen MR) is 72.4 cm³/mol. The molecule has 1 aromatic heterocycles. The smallest absolute Gasteiger partial charge is 0.187 e. The van der Waals surface area contributed by atoms with Crippen LogP contribution in [0.2, 0.25) is 0 Å². The normalized spacial score (nSPS) is 10.2. The van der Waals surface area contributed by atoms with Crippen molar-refractivity contribution in [2.45, 2.75) is 12.1 Å². The quantitative estimate of drug-likeness (QED) is 0.499. The van der Waals surface area contributed by atoms with Gasteiger partial charge in [-0.1, -0.05) is 23.9 Å². The zero-order valence-electron chi connectivity index (χ0n) is 9.76. The molecule has 2 aromatic rings. The van der Waals surface area contributed by atoms with Crippen LogP contribution in [0.4, 0.5) is 5.69 Å². The fourth-order valence-corrected chi connectivity index (χ4v) is 2.11. The van der Waals surface area contributed by atoms with Gasteiger partial charge in [0.15, 0.2) is 5.16 Å². The Kier molecular flexibility index (Phi) is 4.38. The third-order valence-corrected chi connectivity index (χ3v) is 3.10. The minimum absolute atomic E-state index is 0.832. The molecule has 0 aliphatic rings. The molecule has 0 amide bonds. The van der Waals surface area contributed by atoms with Gasteiger partial charge in [-0.05, 0) is 30.7 Å². The van der Waals surface area contributed by atoms with Gasteiger partial charge in [0.05, 0.1) is 0 Å². The molecule has 1 N–H and O–H groups in total. The Hall–Kier alpha value is -1.55. The zero-order valence-corrected chi connectivity index (χ0v) is 10.6. The molecule has 0 fully saturated rings. The molecule has 1 aromatic carbocycles. The van der Waals surface area contributed by atoms with Crippen LogP contribution in [-0.2, 0) is 0 Å². The molecule has 0 unspecified atom stereocenters. The molecule has 4 heteroatoms. The number of aryl methyl sites for hydroxylation is 1. The minimum atomic E-state index is 0.832. The van der Waals surface area contributed by atoms with Crippen LogP contribution >= 0.6 is 11.8 Å². The number of thioether (sulfide) groups is 1. The van der Waals surface area contributed by atoms with Crippen molar-refractivity contribution < 1.29 is 0 Å². The monoisotopic (exact) mass is 245 g/mol. The van der Waals surface area contributed by atoms with Gasteiger partial charge in [0.2, 0.25) is 0 Å². The third kappa shape index (κ3) is 4.07. The fraction of sp³-hybridized carbons (Fsp3) is 0.231. The number of aromatic nitrogens is 2. The molecule has 2 rings (SSSR count). The maximum absolute atomic E-state index is 4.16. The third-order valence-electron chi connectivity index (χ3n) is 2.22. The van der Waals surface area contributed by atoms with E-state index in [1.807, 2.05) is 6.07 Å². The second-order valence-corrected chi connectivity index (χ2v) is 4.74. The van der Waals surface area contributed by atoms with Crippen molar-refractivity contribution >= 4 is 17.4 Å². The highest BCUT2D eigenvalue weighted by molar-refractivity contribution is 7.99. The Bertz CT molecular complexity index is 459. The van der Waals surface area contributed by atoms with Gasteiger partial charge in [-0.15, -0.1) is 0 Å². The number of hydrogen-bond acceptors (Lipinski definition) is 4. The summed E-state index contributed by atoms with van der Waals surface area (Å²) >= 11 is 1.66. The lowest BCUT2D eigenvalue weighted by Crippen LogP contribution is -2.04. The molecule has 0 bridgehead atoms. The number of anilines is 1. The number of rotatable bonds is 5. The maximum atomic E-state index is 4.16. The summed E-state index contributed by atoms with van der Waals surface area (Å²) in [5, 5.41) is 4.21. The fourth-order valence-electron chi connectivity index (χ4n) is 1.45. The average Bonchev–Trinajstić information content (AvgIpc) is 2.36. The van der Waals surface area contributed by atoms with E-state index in [2.05, 4.69) is 46.5 Å². The van der Waals surface area contributed by atoms with E-state index < -0.39 is 0 Å².